The molecule has 2 rings (SSSR count). The van der Waals surface area contributed by atoms with Gasteiger partial charge in [0.1, 0.15) is 0 Å². The van der Waals surface area contributed by atoms with Crippen LogP contribution in [0, 0.1) is 12.3 Å². The Hall–Kier alpha value is -0.530. The highest BCUT2D eigenvalue weighted by atomic mass is 35.5. The third kappa shape index (κ3) is 3.23. The molecule has 0 unspecified atom stereocenters. The Labute approximate surface area is 106 Å². The van der Waals surface area contributed by atoms with E-state index in [4.69, 9.17) is 18.0 Å². The van der Waals surface area contributed by atoms with E-state index in [1.165, 1.54) is 4.88 Å². The predicted octanol–water partition coefficient (Wildman–Crippen LogP) is 2.15. The minimum absolute atomic E-state index is 0.776. The number of thiophene rings is 1. The molecule has 16 heavy (non-hydrogen) atoms. The van der Waals surface area contributed by atoms with Crippen LogP contribution in [0.4, 0.5) is 0 Å². The lowest BCUT2D eigenvalue weighted by molar-refractivity contribution is 0.139. The Balaban J connectivity index is 1.79. The minimum atomic E-state index is 0.776. The average molecular weight is 255 g/mol. The summed E-state index contributed by atoms with van der Waals surface area (Å²) in [5.74, 6) is 2.70. The Morgan fingerprint density at radius 3 is 2.50 bits per heavy atom. The van der Waals surface area contributed by atoms with E-state index < -0.39 is 0 Å². The van der Waals surface area contributed by atoms with Gasteiger partial charge >= 0.3 is 0 Å². The van der Waals surface area contributed by atoms with Gasteiger partial charge in [0, 0.05) is 37.6 Å². The van der Waals surface area contributed by atoms with Crippen molar-refractivity contribution < 1.29 is 0 Å². The van der Waals surface area contributed by atoms with Crippen LogP contribution >= 0.6 is 22.9 Å². The Morgan fingerprint density at radius 1 is 1.25 bits per heavy atom. The number of piperazine rings is 1. The first kappa shape index (κ1) is 11.9. The van der Waals surface area contributed by atoms with Gasteiger partial charge in [0.2, 0.25) is 0 Å². The SMILES string of the molecule is C#CCN1CCN(Cc2ccc(Cl)s2)CC1. The number of halogens is 1. The third-order valence-electron chi connectivity index (χ3n) is 2.79. The molecule has 0 saturated carbocycles. The van der Waals surface area contributed by atoms with Crippen molar-refractivity contribution in [2.24, 2.45) is 0 Å². The molecule has 0 radical (unpaired) electrons. The Morgan fingerprint density at radius 2 is 1.94 bits per heavy atom. The van der Waals surface area contributed by atoms with Crippen LogP contribution in [-0.2, 0) is 6.54 Å². The number of rotatable bonds is 3. The van der Waals surface area contributed by atoms with Gasteiger partial charge in [-0.05, 0) is 12.1 Å². The molecule has 0 aliphatic carbocycles. The molecule has 1 aliphatic heterocycles. The molecule has 0 aromatic carbocycles. The maximum Gasteiger partial charge on any atom is 0.0931 e. The van der Waals surface area contributed by atoms with Crippen molar-refractivity contribution >= 4 is 22.9 Å². The van der Waals surface area contributed by atoms with Crippen molar-refractivity contribution in [3.05, 3.63) is 21.3 Å². The van der Waals surface area contributed by atoms with Gasteiger partial charge in [-0.2, -0.15) is 0 Å². The van der Waals surface area contributed by atoms with E-state index in [-0.39, 0.29) is 0 Å². The molecule has 0 N–H and O–H groups in total. The van der Waals surface area contributed by atoms with Gasteiger partial charge < -0.3 is 0 Å². The summed E-state index contributed by atoms with van der Waals surface area (Å²) in [7, 11) is 0. The molecular weight excluding hydrogens is 240 g/mol. The highest BCUT2D eigenvalue weighted by Crippen LogP contribution is 2.22. The van der Waals surface area contributed by atoms with Crippen LogP contribution < -0.4 is 0 Å². The molecule has 1 fully saturated rings. The van der Waals surface area contributed by atoms with Gasteiger partial charge in [0.05, 0.1) is 10.9 Å². The lowest BCUT2D eigenvalue weighted by Crippen LogP contribution is -2.45. The van der Waals surface area contributed by atoms with Gasteiger partial charge in [-0.1, -0.05) is 17.5 Å². The van der Waals surface area contributed by atoms with Crippen molar-refractivity contribution in [1.29, 1.82) is 0 Å². The molecule has 0 spiro atoms. The molecule has 1 saturated heterocycles. The summed E-state index contributed by atoms with van der Waals surface area (Å²) < 4.78 is 0.876. The molecular formula is C12H15ClN2S. The monoisotopic (exact) mass is 254 g/mol. The number of hydrogen-bond donors (Lipinski definition) is 0. The maximum atomic E-state index is 5.91. The first-order chi connectivity index (χ1) is 7.78. The van der Waals surface area contributed by atoms with Crippen molar-refractivity contribution in [1.82, 2.24) is 9.80 Å². The standard InChI is InChI=1S/C12H15ClN2S/c1-2-5-14-6-8-15(9-7-14)10-11-3-4-12(13)16-11/h1,3-4H,5-10H2. The fourth-order valence-electron chi connectivity index (χ4n) is 1.89. The first-order valence-corrected chi connectivity index (χ1v) is 6.60. The Kier molecular flexibility index (Phi) is 4.25. The smallest absolute Gasteiger partial charge is 0.0931 e. The second-order valence-corrected chi connectivity index (χ2v) is 5.76. The van der Waals surface area contributed by atoms with Crippen molar-refractivity contribution in [3.8, 4) is 12.3 Å². The van der Waals surface area contributed by atoms with E-state index in [2.05, 4.69) is 21.8 Å². The van der Waals surface area contributed by atoms with E-state index in [0.717, 1.165) is 43.6 Å². The van der Waals surface area contributed by atoms with E-state index in [1.807, 2.05) is 6.07 Å². The van der Waals surface area contributed by atoms with Crippen LogP contribution in [0.3, 0.4) is 0 Å². The van der Waals surface area contributed by atoms with Crippen molar-refractivity contribution in [2.75, 3.05) is 32.7 Å². The topological polar surface area (TPSA) is 6.48 Å². The maximum absolute atomic E-state index is 5.91. The quantitative estimate of drug-likeness (QED) is 0.763. The van der Waals surface area contributed by atoms with E-state index >= 15 is 0 Å². The van der Waals surface area contributed by atoms with Gasteiger partial charge in [0.25, 0.3) is 0 Å². The molecule has 0 atom stereocenters. The van der Waals surface area contributed by atoms with Crippen molar-refractivity contribution in [2.45, 2.75) is 6.54 Å². The largest absolute Gasteiger partial charge is 0.296 e. The first-order valence-electron chi connectivity index (χ1n) is 5.40. The fourth-order valence-corrected chi connectivity index (χ4v) is 3.02. The zero-order valence-electron chi connectivity index (χ0n) is 9.16. The molecule has 86 valence electrons. The van der Waals surface area contributed by atoms with E-state index in [1.54, 1.807) is 11.3 Å². The van der Waals surface area contributed by atoms with E-state index in [0.29, 0.717) is 0 Å². The lowest BCUT2D eigenvalue weighted by Gasteiger charge is -2.33. The Bertz CT molecular complexity index is 375. The second kappa shape index (κ2) is 5.70. The van der Waals surface area contributed by atoms with Crippen LogP contribution in [-0.4, -0.2) is 42.5 Å². The minimum Gasteiger partial charge on any atom is -0.296 e. The van der Waals surface area contributed by atoms with Crippen LogP contribution in [0.15, 0.2) is 12.1 Å². The molecule has 1 aromatic rings. The normalized spacial score (nSPS) is 18.5. The second-order valence-electron chi connectivity index (χ2n) is 3.96. The van der Waals surface area contributed by atoms with Gasteiger partial charge in [-0.15, -0.1) is 17.8 Å². The fraction of sp³-hybridized carbons (Fsp3) is 0.500. The van der Waals surface area contributed by atoms with Crippen molar-refractivity contribution in [3.63, 3.8) is 0 Å². The summed E-state index contributed by atoms with van der Waals surface area (Å²) in [5.41, 5.74) is 0. The zero-order valence-corrected chi connectivity index (χ0v) is 10.7. The number of hydrogen-bond acceptors (Lipinski definition) is 3. The van der Waals surface area contributed by atoms with Crippen LogP contribution in [0.25, 0.3) is 0 Å². The highest BCUT2D eigenvalue weighted by molar-refractivity contribution is 7.16. The summed E-state index contributed by atoms with van der Waals surface area (Å²) in [6.07, 6.45) is 5.30. The molecule has 2 heterocycles. The van der Waals surface area contributed by atoms with Gasteiger partial charge in [-0.3, -0.25) is 9.80 Å². The summed E-state index contributed by atoms with van der Waals surface area (Å²) in [4.78, 5) is 6.11. The van der Waals surface area contributed by atoms with Crippen LogP contribution in [0.2, 0.25) is 4.34 Å². The molecule has 1 aliphatic rings. The summed E-state index contributed by atoms with van der Waals surface area (Å²) in [6, 6.07) is 4.08. The lowest BCUT2D eigenvalue weighted by atomic mass is 10.3. The summed E-state index contributed by atoms with van der Waals surface area (Å²) in [6.45, 7) is 6.13. The predicted molar refractivity (Wildman–Crippen MR) is 69.9 cm³/mol. The summed E-state index contributed by atoms with van der Waals surface area (Å²) in [5, 5.41) is 0. The molecule has 1 aromatic heterocycles. The van der Waals surface area contributed by atoms with E-state index in [9.17, 15) is 0 Å². The summed E-state index contributed by atoms with van der Waals surface area (Å²) >= 11 is 7.58. The number of nitrogens with zero attached hydrogens (tertiary/aromatic N) is 2. The third-order valence-corrected chi connectivity index (χ3v) is 4.00. The van der Waals surface area contributed by atoms with Gasteiger partial charge in [-0.25, -0.2) is 0 Å². The van der Waals surface area contributed by atoms with Crippen LogP contribution in [0.1, 0.15) is 4.88 Å². The van der Waals surface area contributed by atoms with Crippen LogP contribution in [0.5, 0.6) is 0 Å². The molecule has 4 heteroatoms. The molecule has 0 bridgehead atoms. The number of terminal acetylenes is 1. The molecule has 0 amide bonds. The highest BCUT2D eigenvalue weighted by Gasteiger charge is 2.16. The van der Waals surface area contributed by atoms with Gasteiger partial charge in [0.15, 0.2) is 0 Å². The average Bonchev–Trinajstić information content (AvgIpc) is 2.67. The molecule has 2 nitrogen and oxygen atoms in total. The zero-order chi connectivity index (χ0) is 11.4.